The van der Waals surface area contributed by atoms with Crippen molar-refractivity contribution in [3.8, 4) is 11.8 Å². The molecule has 6 heteroatoms. The van der Waals surface area contributed by atoms with E-state index >= 15 is 0 Å². The van der Waals surface area contributed by atoms with Gasteiger partial charge in [0.2, 0.25) is 0 Å². The minimum Gasteiger partial charge on any atom is -0.397 e. The summed E-state index contributed by atoms with van der Waals surface area (Å²) in [4.78, 5) is 4.02. The van der Waals surface area contributed by atoms with Crippen LogP contribution in [0.5, 0.6) is 0 Å². The zero-order chi connectivity index (χ0) is 15.8. The summed E-state index contributed by atoms with van der Waals surface area (Å²) in [5.74, 6) is 6.81. The molecule has 0 unspecified atom stereocenters. The van der Waals surface area contributed by atoms with Crippen molar-refractivity contribution in [1.82, 2.24) is 20.0 Å². The summed E-state index contributed by atoms with van der Waals surface area (Å²) in [7, 11) is 0. The Labute approximate surface area is 138 Å². The number of hydrogen-bond acceptors (Lipinski definition) is 4. The first-order valence-corrected chi connectivity index (χ1v) is 7.83. The predicted octanol–water partition coefficient (Wildman–Crippen LogP) is 2.87. The maximum absolute atomic E-state index is 6.45. The molecule has 2 heterocycles. The van der Waals surface area contributed by atoms with Gasteiger partial charge in [0, 0.05) is 30.1 Å². The number of nitrogens with zero attached hydrogens (tertiary/aromatic N) is 4. The molecule has 2 aromatic heterocycles. The van der Waals surface area contributed by atoms with Gasteiger partial charge in [0.25, 0.3) is 0 Å². The lowest BCUT2D eigenvalue weighted by Crippen LogP contribution is -2.01. The van der Waals surface area contributed by atoms with E-state index in [2.05, 4.69) is 27.1 Å². The van der Waals surface area contributed by atoms with Gasteiger partial charge in [-0.15, -0.1) is 5.10 Å². The maximum Gasteiger partial charge on any atom is 0.133 e. The maximum atomic E-state index is 6.45. The second-order valence-corrected chi connectivity index (χ2v) is 6.14. The molecule has 114 valence electrons. The first kappa shape index (κ1) is 14.0. The predicted molar refractivity (Wildman–Crippen MR) is 89.9 cm³/mol. The van der Waals surface area contributed by atoms with Crippen molar-refractivity contribution in [3.63, 3.8) is 0 Å². The molecule has 2 N–H and O–H groups in total. The van der Waals surface area contributed by atoms with E-state index in [-0.39, 0.29) is 0 Å². The molecule has 0 radical (unpaired) electrons. The average Bonchev–Trinajstić information content (AvgIpc) is 3.26. The van der Waals surface area contributed by atoms with Gasteiger partial charge in [-0.05, 0) is 37.0 Å². The lowest BCUT2D eigenvalue weighted by molar-refractivity contribution is 0.559. The molecule has 0 spiro atoms. The highest BCUT2D eigenvalue weighted by Gasteiger charge is 2.23. The lowest BCUT2D eigenvalue weighted by Gasteiger charge is -2.01. The number of anilines is 1. The fourth-order valence-corrected chi connectivity index (χ4v) is 2.69. The summed E-state index contributed by atoms with van der Waals surface area (Å²) in [5.41, 5.74) is 9.41. The third kappa shape index (κ3) is 2.86. The minimum atomic E-state index is 0.536. The zero-order valence-electron chi connectivity index (χ0n) is 12.3. The number of halogens is 1. The number of fused-ring (bicyclic) bond motifs is 1. The van der Waals surface area contributed by atoms with Crippen molar-refractivity contribution in [2.75, 3.05) is 5.73 Å². The van der Waals surface area contributed by atoms with Crippen molar-refractivity contribution in [2.45, 2.75) is 19.4 Å². The van der Waals surface area contributed by atoms with E-state index in [0.29, 0.717) is 16.2 Å². The molecule has 1 fully saturated rings. The summed E-state index contributed by atoms with van der Waals surface area (Å²) in [6.07, 6.45) is 5.80. The Bertz CT molecular complexity index is 947. The van der Waals surface area contributed by atoms with Gasteiger partial charge in [-0.1, -0.05) is 28.7 Å². The van der Waals surface area contributed by atoms with Gasteiger partial charge in [0.15, 0.2) is 0 Å². The Morgan fingerprint density at radius 3 is 2.91 bits per heavy atom. The lowest BCUT2D eigenvalue weighted by atomic mass is 10.1. The molecule has 0 aliphatic heterocycles. The highest BCUT2D eigenvalue weighted by atomic mass is 35.5. The van der Waals surface area contributed by atoms with E-state index in [1.165, 1.54) is 12.8 Å². The van der Waals surface area contributed by atoms with Crippen molar-refractivity contribution < 1.29 is 0 Å². The van der Waals surface area contributed by atoms with Gasteiger partial charge in [-0.25, -0.2) is 4.68 Å². The van der Waals surface area contributed by atoms with E-state index in [9.17, 15) is 0 Å². The monoisotopic (exact) mass is 323 g/mol. The molecule has 4 rings (SSSR count). The summed E-state index contributed by atoms with van der Waals surface area (Å²) in [6, 6.07) is 5.66. The largest absolute Gasteiger partial charge is 0.397 e. The Morgan fingerprint density at radius 2 is 2.13 bits per heavy atom. The molecular weight excluding hydrogens is 310 g/mol. The van der Waals surface area contributed by atoms with Crippen LogP contribution in [0.3, 0.4) is 0 Å². The van der Waals surface area contributed by atoms with E-state index < -0.39 is 0 Å². The second kappa shape index (κ2) is 5.56. The molecule has 3 aromatic rings. The van der Waals surface area contributed by atoms with Crippen LogP contribution in [0, 0.1) is 17.8 Å². The highest BCUT2D eigenvalue weighted by molar-refractivity contribution is 6.36. The smallest absolute Gasteiger partial charge is 0.133 e. The average molecular weight is 324 g/mol. The number of aromatic nitrogens is 4. The van der Waals surface area contributed by atoms with Crippen LogP contribution in [0.25, 0.3) is 11.0 Å². The first-order chi connectivity index (χ1) is 11.2. The van der Waals surface area contributed by atoms with Crippen LogP contribution in [-0.4, -0.2) is 20.0 Å². The van der Waals surface area contributed by atoms with Crippen LogP contribution in [0.2, 0.25) is 5.02 Å². The number of nitrogens with two attached hydrogens (primary N) is 1. The van der Waals surface area contributed by atoms with E-state index in [0.717, 1.165) is 29.1 Å². The zero-order valence-corrected chi connectivity index (χ0v) is 13.1. The van der Waals surface area contributed by atoms with Gasteiger partial charge in [0.05, 0.1) is 16.2 Å². The van der Waals surface area contributed by atoms with Gasteiger partial charge >= 0.3 is 0 Å². The Morgan fingerprint density at radius 1 is 1.26 bits per heavy atom. The molecule has 1 saturated carbocycles. The number of hydrogen-bond donors (Lipinski definition) is 1. The van der Waals surface area contributed by atoms with Crippen molar-refractivity contribution >= 4 is 28.3 Å². The second-order valence-electron chi connectivity index (χ2n) is 5.77. The van der Waals surface area contributed by atoms with Crippen LogP contribution in [0.1, 0.15) is 24.0 Å². The fraction of sp³-hybridized carbons (Fsp3) is 0.235. The standard InChI is InChI=1S/C17H14ClN5/c18-16-13(4-3-12-7-14(19)9-20-8-12)5-6-15-17(16)21-22-23(15)10-11-1-2-11/h5-9,11H,1-2,10,19H2. The molecule has 1 aromatic carbocycles. The molecular formula is C17H14ClN5. The molecule has 1 aliphatic carbocycles. The first-order valence-electron chi connectivity index (χ1n) is 7.45. The van der Waals surface area contributed by atoms with Crippen molar-refractivity contribution in [2.24, 2.45) is 5.92 Å². The van der Waals surface area contributed by atoms with E-state index in [4.69, 9.17) is 17.3 Å². The number of pyridine rings is 1. The third-order valence-electron chi connectivity index (χ3n) is 3.85. The third-order valence-corrected chi connectivity index (χ3v) is 4.24. The van der Waals surface area contributed by atoms with E-state index in [1.54, 1.807) is 18.5 Å². The summed E-state index contributed by atoms with van der Waals surface area (Å²) in [6.45, 7) is 0.910. The Balaban J connectivity index is 1.70. The topological polar surface area (TPSA) is 69.6 Å². The normalized spacial score (nSPS) is 13.8. The fourth-order valence-electron chi connectivity index (χ4n) is 2.45. The van der Waals surface area contributed by atoms with Crippen LogP contribution < -0.4 is 5.73 Å². The van der Waals surface area contributed by atoms with Gasteiger partial charge in [0.1, 0.15) is 5.52 Å². The molecule has 0 amide bonds. The Hall–Kier alpha value is -2.58. The van der Waals surface area contributed by atoms with Crippen LogP contribution >= 0.6 is 11.6 Å². The molecule has 0 atom stereocenters. The minimum absolute atomic E-state index is 0.536. The van der Waals surface area contributed by atoms with Crippen LogP contribution in [0.15, 0.2) is 30.6 Å². The van der Waals surface area contributed by atoms with Crippen LogP contribution in [-0.2, 0) is 6.54 Å². The Kier molecular flexibility index (Phi) is 3.40. The van der Waals surface area contributed by atoms with Gasteiger partial charge in [-0.2, -0.15) is 0 Å². The number of nitrogen functional groups attached to an aromatic ring is 1. The van der Waals surface area contributed by atoms with Crippen molar-refractivity contribution in [1.29, 1.82) is 0 Å². The molecule has 5 nitrogen and oxygen atoms in total. The van der Waals surface area contributed by atoms with Gasteiger partial charge in [-0.3, -0.25) is 4.98 Å². The summed E-state index contributed by atoms with van der Waals surface area (Å²) in [5, 5.41) is 8.96. The summed E-state index contributed by atoms with van der Waals surface area (Å²) >= 11 is 6.45. The number of benzene rings is 1. The number of rotatable bonds is 2. The SMILES string of the molecule is Nc1cncc(C#Cc2ccc3c(nnn3CC3CC3)c2Cl)c1. The highest BCUT2D eigenvalue weighted by Crippen LogP contribution is 2.32. The van der Waals surface area contributed by atoms with Crippen molar-refractivity contribution in [3.05, 3.63) is 46.7 Å². The molecule has 0 bridgehead atoms. The molecule has 23 heavy (non-hydrogen) atoms. The molecule has 1 aliphatic rings. The van der Waals surface area contributed by atoms with Crippen LogP contribution in [0.4, 0.5) is 5.69 Å². The quantitative estimate of drug-likeness (QED) is 0.736. The van der Waals surface area contributed by atoms with Gasteiger partial charge < -0.3 is 5.73 Å². The van der Waals surface area contributed by atoms with E-state index in [1.807, 2.05) is 16.8 Å². The molecule has 0 saturated heterocycles. The summed E-state index contributed by atoms with van der Waals surface area (Å²) < 4.78 is 1.93.